The molecule has 0 aliphatic carbocycles. The maximum atomic E-state index is 12.6. The molecule has 27 heavy (non-hydrogen) atoms. The van der Waals surface area contributed by atoms with Gasteiger partial charge in [-0.25, -0.2) is 0 Å². The number of hydrogen-bond acceptors (Lipinski definition) is 4. The van der Waals surface area contributed by atoms with Gasteiger partial charge in [0.1, 0.15) is 0 Å². The Morgan fingerprint density at radius 2 is 1.52 bits per heavy atom. The van der Waals surface area contributed by atoms with E-state index in [1.165, 1.54) is 19.8 Å². The molecule has 2 N–H and O–H groups in total. The van der Waals surface area contributed by atoms with Gasteiger partial charge >= 0.3 is 0 Å². The molecule has 1 fully saturated rings. The molecule has 0 aromatic heterocycles. The van der Waals surface area contributed by atoms with Crippen molar-refractivity contribution in [3.8, 4) is 0 Å². The number of carbonyl (C=O) groups is 3. The summed E-state index contributed by atoms with van der Waals surface area (Å²) in [4.78, 5) is 39.7. The number of carbonyl (C=O) groups excluding carboxylic acids is 3. The summed E-state index contributed by atoms with van der Waals surface area (Å²) in [7, 11) is 0. The molecule has 1 heterocycles. The van der Waals surface area contributed by atoms with Gasteiger partial charge in [-0.2, -0.15) is 0 Å². The summed E-state index contributed by atoms with van der Waals surface area (Å²) in [6.07, 6.45) is 4.72. The molecule has 0 bridgehead atoms. The predicted molar refractivity (Wildman–Crippen MR) is 107 cm³/mol. The summed E-state index contributed by atoms with van der Waals surface area (Å²) >= 11 is 0. The van der Waals surface area contributed by atoms with Crippen molar-refractivity contribution in [1.82, 2.24) is 9.80 Å². The molecule has 1 aliphatic rings. The molecular weight excluding hydrogens is 344 g/mol. The fraction of sp³-hybridized carbons (Fsp3) is 0.550. The maximum Gasteiger partial charge on any atom is 0.243 e. The maximum absolute atomic E-state index is 12.6. The molecule has 1 aliphatic heterocycles. The van der Waals surface area contributed by atoms with Crippen molar-refractivity contribution in [2.24, 2.45) is 0 Å². The minimum Gasteiger partial charge on any atom is -0.333 e. The Balaban J connectivity index is 1.84. The highest BCUT2D eigenvalue weighted by molar-refractivity contribution is 5.95. The number of likely N-dealkylation sites (N-methyl/N-ethyl adjacent to an activating group) is 1. The number of nitrogens with one attached hydrogen (secondary N) is 2. The van der Waals surface area contributed by atoms with Gasteiger partial charge in [0.15, 0.2) is 0 Å². The van der Waals surface area contributed by atoms with E-state index in [4.69, 9.17) is 0 Å². The molecule has 0 spiro atoms. The minimum absolute atomic E-state index is 0.00411. The number of amides is 3. The summed E-state index contributed by atoms with van der Waals surface area (Å²) < 4.78 is 0. The Bertz CT molecular complexity index is 637. The van der Waals surface area contributed by atoms with E-state index < -0.39 is 0 Å². The van der Waals surface area contributed by atoms with E-state index in [1.54, 1.807) is 29.2 Å². The SMILES string of the molecule is CCN(CC(=O)Nc1ccc(NC(C)=O)cc1)C(=O)CN1CCCCCC1. The highest BCUT2D eigenvalue weighted by Crippen LogP contribution is 2.14. The standard InChI is InChI=1S/C20H30N4O3/c1-3-24(20(27)15-23-12-6-4-5-7-13-23)14-19(26)22-18-10-8-17(9-11-18)21-16(2)25/h8-11H,3-7,12-15H2,1-2H3,(H,21,25)(H,22,26). The van der Waals surface area contributed by atoms with Crippen molar-refractivity contribution in [2.75, 3.05) is 43.4 Å². The fourth-order valence-corrected chi connectivity index (χ4v) is 3.18. The lowest BCUT2D eigenvalue weighted by molar-refractivity contribution is -0.135. The van der Waals surface area contributed by atoms with Gasteiger partial charge in [0.2, 0.25) is 17.7 Å². The van der Waals surface area contributed by atoms with Crippen LogP contribution >= 0.6 is 0 Å². The summed E-state index contributed by atoms with van der Waals surface area (Å²) in [5.74, 6) is -0.378. The zero-order chi connectivity index (χ0) is 19.6. The van der Waals surface area contributed by atoms with Crippen LogP contribution in [0.5, 0.6) is 0 Å². The Morgan fingerprint density at radius 1 is 0.963 bits per heavy atom. The molecule has 0 saturated carbocycles. The molecule has 0 atom stereocenters. The second-order valence-corrected chi connectivity index (χ2v) is 6.90. The van der Waals surface area contributed by atoms with Crippen molar-refractivity contribution in [1.29, 1.82) is 0 Å². The van der Waals surface area contributed by atoms with Gasteiger partial charge in [-0.15, -0.1) is 0 Å². The van der Waals surface area contributed by atoms with Crippen molar-refractivity contribution in [3.63, 3.8) is 0 Å². The van der Waals surface area contributed by atoms with Crippen LogP contribution in [-0.4, -0.2) is 60.2 Å². The number of benzene rings is 1. The van der Waals surface area contributed by atoms with Crippen LogP contribution in [0.25, 0.3) is 0 Å². The van der Waals surface area contributed by atoms with Crippen LogP contribution in [-0.2, 0) is 14.4 Å². The smallest absolute Gasteiger partial charge is 0.243 e. The van der Waals surface area contributed by atoms with E-state index in [-0.39, 0.29) is 24.3 Å². The first kappa shape index (κ1) is 20.9. The minimum atomic E-state index is -0.228. The second-order valence-electron chi connectivity index (χ2n) is 6.90. The number of hydrogen-bond donors (Lipinski definition) is 2. The third-order valence-corrected chi connectivity index (χ3v) is 4.62. The van der Waals surface area contributed by atoms with E-state index in [0.29, 0.717) is 24.5 Å². The lowest BCUT2D eigenvalue weighted by Gasteiger charge is -2.25. The normalized spacial score (nSPS) is 14.9. The van der Waals surface area contributed by atoms with Gasteiger partial charge in [0, 0.05) is 24.8 Å². The molecule has 0 unspecified atom stereocenters. The number of rotatable bonds is 7. The zero-order valence-corrected chi connectivity index (χ0v) is 16.3. The van der Waals surface area contributed by atoms with E-state index in [2.05, 4.69) is 15.5 Å². The first-order valence-corrected chi connectivity index (χ1v) is 9.65. The summed E-state index contributed by atoms with van der Waals surface area (Å²) in [6, 6.07) is 6.88. The Hall–Kier alpha value is -2.41. The molecule has 7 nitrogen and oxygen atoms in total. The van der Waals surface area contributed by atoms with Gasteiger partial charge < -0.3 is 15.5 Å². The molecule has 1 aromatic rings. The van der Waals surface area contributed by atoms with E-state index in [1.807, 2.05) is 6.92 Å². The van der Waals surface area contributed by atoms with Crippen molar-refractivity contribution >= 4 is 29.1 Å². The summed E-state index contributed by atoms with van der Waals surface area (Å²) in [5, 5.41) is 5.47. The van der Waals surface area contributed by atoms with E-state index in [9.17, 15) is 14.4 Å². The van der Waals surface area contributed by atoms with Crippen LogP contribution in [0, 0.1) is 0 Å². The topological polar surface area (TPSA) is 81.8 Å². The van der Waals surface area contributed by atoms with Gasteiger partial charge in [0.05, 0.1) is 13.1 Å². The average molecular weight is 374 g/mol. The number of anilines is 2. The van der Waals surface area contributed by atoms with Crippen molar-refractivity contribution in [2.45, 2.75) is 39.5 Å². The molecule has 3 amide bonds. The third-order valence-electron chi connectivity index (χ3n) is 4.62. The monoisotopic (exact) mass is 374 g/mol. The van der Waals surface area contributed by atoms with Crippen LogP contribution in [0.15, 0.2) is 24.3 Å². The van der Waals surface area contributed by atoms with Crippen LogP contribution in [0.1, 0.15) is 39.5 Å². The lowest BCUT2D eigenvalue weighted by Crippen LogP contribution is -2.44. The molecule has 148 valence electrons. The number of likely N-dealkylation sites (tertiary alicyclic amines) is 1. The largest absolute Gasteiger partial charge is 0.333 e. The van der Waals surface area contributed by atoms with Crippen LogP contribution in [0.4, 0.5) is 11.4 Å². The highest BCUT2D eigenvalue weighted by atomic mass is 16.2. The second kappa shape index (κ2) is 10.7. The highest BCUT2D eigenvalue weighted by Gasteiger charge is 2.19. The average Bonchev–Trinajstić information content (AvgIpc) is 2.89. The van der Waals surface area contributed by atoms with Crippen molar-refractivity contribution < 1.29 is 14.4 Å². The Labute approximate surface area is 161 Å². The quantitative estimate of drug-likeness (QED) is 0.767. The molecular formula is C20H30N4O3. The molecule has 1 aromatic carbocycles. The van der Waals surface area contributed by atoms with Crippen LogP contribution < -0.4 is 10.6 Å². The van der Waals surface area contributed by atoms with E-state index in [0.717, 1.165) is 25.9 Å². The molecule has 7 heteroatoms. The zero-order valence-electron chi connectivity index (χ0n) is 16.3. The fourth-order valence-electron chi connectivity index (χ4n) is 3.18. The first-order chi connectivity index (χ1) is 13.0. The Kier molecular flexibility index (Phi) is 8.26. The van der Waals surface area contributed by atoms with Gasteiger partial charge in [-0.05, 0) is 57.1 Å². The predicted octanol–water partition coefficient (Wildman–Crippen LogP) is 2.31. The Morgan fingerprint density at radius 3 is 2.04 bits per heavy atom. The van der Waals surface area contributed by atoms with Crippen LogP contribution in [0.3, 0.4) is 0 Å². The molecule has 2 rings (SSSR count). The van der Waals surface area contributed by atoms with Gasteiger partial charge in [-0.3, -0.25) is 19.3 Å². The molecule has 0 radical (unpaired) electrons. The lowest BCUT2D eigenvalue weighted by atomic mass is 10.2. The summed E-state index contributed by atoms with van der Waals surface area (Å²) in [5.41, 5.74) is 1.30. The van der Waals surface area contributed by atoms with Crippen LogP contribution in [0.2, 0.25) is 0 Å². The first-order valence-electron chi connectivity index (χ1n) is 9.65. The summed E-state index contributed by atoms with van der Waals surface area (Å²) in [6.45, 7) is 6.16. The van der Waals surface area contributed by atoms with Gasteiger partial charge in [-0.1, -0.05) is 12.8 Å². The number of nitrogens with zero attached hydrogens (tertiary/aromatic N) is 2. The third kappa shape index (κ3) is 7.38. The molecule has 1 saturated heterocycles. The van der Waals surface area contributed by atoms with Gasteiger partial charge in [0.25, 0.3) is 0 Å². The van der Waals surface area contributed by atoms with E-state index >= 15 is 0 Å². The van der Waals surface area contributed by atoms with Crippen molar-refractivity contribution in [3.05, 3.63) is 24.3 Å².